The standard InChI is InChI=1S/C15H27N5O/c1-5-16-13(14-15(21-4)18-7-6-17-14)10-12-11-19(2)8-9-20(12)3/h6-7,12-13,16H,5,8-11H2,1-4H3. The van der Waals surface area contributed by atoms with E-state index in [9.17, 15) is 0 Å². The second-order valence-electron chi connectivity index (χ2n) is 5.69. The SMILES string of the molecule is CCNC(CC1CN(C)CCN1C)c1nccnc1OC. The Balaban J connectivity index is 2.14. The number of likely N-dealkylation sites (N-methyl/N-ethyl adjacent to an activating group) is 2. The number of methoxy groups -OCH3 is 1. The Labute approximate surface area is 127 Å². The van der Waals surface area contributed by atoms with E-state index in [0.717, 1.165) is 38.3 Å². The lowest BCUT2D eigenvalue weighted by Gasteiger charge is -2.39. The maximum atomic E-state index is 5.37. The molecule has 6 nitrogen and oxygen atoms in total. The molecule has 0 amide bonds. The number of hydrogen-bond acceptors (Lipinski definition) is 6. The van der Waals surface area contributed by atoms with Crippen molar-refractivity contribution in [3.05, 3.63) is 18.1 Å². The van der Waals surface area contributed by atoms with Crippen LogP contribution in [-0.4, -0.2) is 73.2 Å². The molecule has 21 heavy (non-hydrogen) atoms. The van der Waals surface area contributed by atoms with Crippen molar-refractivity contribution in [3.63, 3.8) is 0 Å². The lowest BCUT2D eigenvalue weighted by atomic mass is 10.0. The quantitative estimate of drug-likeness (QED) is 0.836. The predicted molar refractivity (Wildman–Crippen MR) is 83.5 cm³/mol. The molecule has 0 aliphatic carbocycles. The highest BCUT2D eigenvalue weighted by Crippen LogP contribution is 2.26. The van der Waals surface area contributed by atoms with Crippen molar-refractivity contribution in [2.24, 2.45) is 0 Å². The molecule has 2 atom stereocenters. The minimum absolute atomic E-state index is 0.164. The zero-order chi connectivity index (χ0) is 15.2. The molecule has 2 heterocycles. The lowest BCUT2D eigenvalue weighted by molar-refractivity contribution is 0.100. The monoisotopic (exact) mass is 293 g/mol. The third-order valence-electron chi connectivity index (χ3n) is 4.15. The van der Waals surface area contributed by atoms with Crippen LogP contribution in [0.2, 0.25) is 0 Å². The number of ether oxygens (including phenoxy) is 1. The highest BCUT2D eigenvalue weighted by molar-refractivity contribution is 5.21. The molecule has 0 spiro atoms. The summed E-state index contributed by atoms with van der Waals surface area (Å²) in [7, 11) is 6.04. The van der Waals surface area contributed by atoms with Crippen molar-refractivity contribution in [1.29, 1.82) is 0 Å². The van der Waals surface area contributed by atoms with E-state index in [2.05, 4.69) is 46.1 Å². The molecule has 1 aromatic rings. The van der Waals surface area contributed by atoms with E-state index in [4.69, 9.17) is 4.74 Å². The molecule has 2 rings (SSSR count). The number of hydrogen-bond donors (Lipinski definition) is 1. The largest absolute Gasteiger partial charge is 0.480 e. The number of rotatable bonds is 6. The molecule has 1 saturated heterocycles. The minimum atomic E-state index is 0.164. The van der Waals surface area contributed by atoms with Crippen LogP contribution in [-0.2, 0) is 0 Å². The first-order chi connectivity index (χ1) is 10.2. The van der Waals surface area contributed by atoms with Crippen molar-refractivity contribution >= 4 is 0 Å². The van der Waals surface area contributed by atoms with Crippen molar-refractivity contribution in [2.45, 2.75) is 25.4 Å². The number of nitrogens with zero attached hydrogens (tertiary/aromatic N) is 4. The van der Waals surface area contributed by atoms with E-state index in [1.165, 1.54) is 0 Å². The minimum Gasteiger partial charge on any atom is -0.480 e. The zero-order valence-corrected chi connectivity index (χ0v) is 13.5. The second kappa shape index (κ2) is 7.68. The van der Waals surface area contributed by atoms with Gasteiger partial charge in [0.2, 0.25) is 5.88 Å². The maximum absolute atomic E-state index is 5.37. The summed E-state index contributed by atoms with van der Waals surface area (Å²) in [5, 5.41) is 3.53. The molecule has 1 aliphatic heterocycles. The van der Waals surface area contributed by atoms with Gasteiger partial charge in [-0.1, -0.05) is 6.92 Å². The van der Waals surface area contributed by atoms with Crippen LogP contribution in [0.15, 0.2) is 12.4 Å². The molecular weight excluding hydrogens is 266 g/mol. The van der Waals surface area contributed by atoms with E-state index in [-0.39, 0.29) is 6.04 Å². The van der Waals surface area contributed by atoms with Crippen molar-refractivity contribution in [2.75, 3.05) is 47.4 Å². The summed E-state index contributed by atoms with van der Waals surface area (Å²) in [5.74, 6) is 0.621. The first-order valence-electron chi connectivity index (χ1n) is 7.62. The number of aromatic nitrogens is 2. The Bertz CT molecular complexity index is 442. The molecule has 0 aromatic carbocycles. The molecular formula is C15H27N5O. The normalized spacial score (nSPS) is 22.2. The van der Waals surface area contributed by atoms with Gasteiger partial charge < -0.3 is 19.9 Å². The molecule has 6 heteroatoms. The van der Waals surface area contributed by atoms with E-state index in [1.54, 1.807) is 19.5 Å². The van der Waals surface area contributed by atoms with Gasteiger partial charge >= 0.3 is 0 Å². The van der Waals surface area contributed by atoms with Crippen LogP contribution in [0.25, 0.3) is 0 Å². The maximum Gasteiger partial charge on any atom is 0.236 e. The van der Waals surface area contributed by atoms with E-state index in [1.807, 2.05) is 0 Å². The third-order valence-corrected chi connectivity index (χ3v) is 4.15. The molecule has 118 valence electrons. The van der Waals surface area contributed by atoms with E-state index >= 15 is 0 Å². The van der Waals surface area contributed by atoms with Gasteiger partial charge in [-0.15, -0.1) is 0 Å². The summed E-state index contributed by atoms with van der Waals surface area (Å²) in [6.45, 7) is 6.34. The third kappa shape index (κ3) is 4.12. The van der Waals surface area contributed by atoms with E-state index < -0.39 is 0 Å². The Morgan fingerprint density at radius 1 is 1.33 bits per heavy atom. The van der Waals surface area contributed by atoms with Gasteiger partial charge in [0, 0.05) is 38.1 Å². The van der Waals surface area contributed by atoms with Crippen LogP contribution in [0.5, 0.6) is 5.88 Å². The highest BCUT2D eigenvalue weighted by Gasteiger charge is 2.27. The average molecular weight is 293 g/mol. The van der Waals surface area contributed by atoms with Crippen LogP contribution in [0, 0.1) is 0 Å². The van der Waals surface area contributed by atoms with Gasteiger partial charge in [-0.3, -0.25) is 4.98 Å². The lowest BCUT2D eigenvalue weighted by Crippen LogP contribution is -2.51. The van der Waals surface area contributed by atoms with Crippen molar-refractivity contribution in [1.82, 2.24) is 25.1 Å². The fourth-order valence-corrected chi connectivity index (χ4v) is 2.90. The Hall–Kier alpha value is -1.24. The topological polar surface area (TPSA) is 53.5 Å². The van der Waals surface area contributed by atoms with Gasteiger partial charge in [-0.2, -0.15) is 0 Å². The van der Waals surface area contributed by atoms with E-state index in [0.29, 0.717) is 11.9 Å². The summed E-state index contributed by atoms with van der Waals surface area (Å²) in [5.41, 5.74) is 0.906. The highest BCUT2D eigenvalue weighted by atomic mass is 16.5. The van der Waals surface area contributed by atoms with Gasteiger partial charge in [0.1, 0.15) is 5.69 Å². The number of piperazine rings is 1. The molecule has 1 N–H and O–H groups in total. The van der Waals surface area contributed by atoms with Crippen LogP contribution in [0.4, 0.5) is 0 Å². The van der Waals surface area contributed by atoms with Crippen LogP contribution in [0.3, 0.4) is 0 Å². The average Bonchev–Trinajstić information content (AvgIpc) is 2.50. The van der Waals surface area contributed by atoms with Crippen molar-refractivity contribution < 1.29 is 4.74 Å². The van der Waals surface area contributed by atoms with Gasteiger partial charge in [-0.05, 0) is 27.1 Å². The zero-order valence-electron chi connectivity index (χ0n) is 13.5. The molecule has 1 aliphatic rings. The molecule has 1 aromatic heterocycles. The first kappa shape index (κ1) is 16.1. The summed E-state index contributed by atoms with van der Waals surface area (Å²) in [4.78, 5) is 13.6. The molecule has 2 unspecified atom stereocenters. The van der Waals surface area contributed by atoms with Gasteiger partial charge in [-0.25, -0.2) is 4.98 Å². The fraction of sp³-hybridized carbons (Fsp3) is 0.733. The molecule has 0 saturated carbocycles. The molecule has 1 fully saturated rings. The first-order valence-corrected chi connectivity index (χ1v) is 7.62. The Morgan fingerprint density at radius 3 is 2.81 bits per heavy atom. The Morgan fingerprint density at radius 2 is 2.10 bits per heavy atom. The number of nitrogens with one attached hydrogen (secondary N) is 1. The smallest absolute Gasteiger partial charge is 0.236 e. The van der Waals surface area contributed by atoms with Crippen molar-refractivity contribution in [3.8, 4) is 5.88 Å². The van der Waals surface area contributed by atoms with Gasteiger partial charge in [0.25, 0.3) is 0 Å². The Kier molecular flexibility index (Phi) is 5.90. The summed E-state index contributed by atoms with van der Waals surface area (Å²) < 4.78 is 5.37. The predicted octanol–water partition coefficient (Wildman–Crippen LogP) is 0.772. The fourth-order valence-electron chi connectivity index (χ4n) is 2.90. The second-order valence-corrected chi connectivity index (χ2v) is 5.69. The van der Waals surface area contributed by atoms with Crippen LogP contribution >= 0.6 is 0 Å². The summed E-state index contributed by atoms with van der Waals surface area (Å²) in [6, 6.07) is 0.678. The van der Waals surface area contributed by atoms with Crippen LogP contribution in [0.1, 0.15) is 25.1 Å². The van der Waals surface area contributed by atoms with Crippen LogP contribution < -0.4 is 10.1 Å². The molecule has 0 radical (unpaired) electrons. The summed E-state index contributed by atoms with van der Waals surface area (Å²) in [6.07, 6.45) is 4.41. The van der Waals surface area contributed by atoms with Gasteiger partial charge in [0.15, 0.2) is 0 Å². The summed E-state index contributed by atoms with van der Waals surface area (Å²) >= 11 is 0. The molecule has 0 bridgehead atoms. The van der Waals surface area contributed by atoms with Gasteiger partial charge in [0.05, 0.1) is 13.2 Å².